The summed E-state index contributed by atoms with van der Waals surface area (Å²) in [5, 5.41) is 0. The van der Waals surface area contributed by atoms with Crippen LogP contribution in [0, 0.1) is 0 Å². The van der Waals surface area contributed by atoms with E-state index in [0.717, 1.165) is 0 Å². The van der Waals surface area contributed by atoms with Crippen LogP contribution in [0.25, 0.3) is 16.0 Å². The van der Waals surface area contributed by atoms with Gasteiger partial charge in [0.15, 0.2) is 0 Å². The molecule has 3 aromatic rings. The zero-order valence-corrected chi connectivity index (χ0v) is 13.6. The SMILES string of the molecule is c1c[se]c(-c2ccc(-c3ccc[se]3)[te]2)c1. The molecule has 0 amide bonds. The Kier molecular flexibility index (Phi) is 3.22. The van der Waals surface area contributed by atoms with Crippen molar-refractivity contribution in [3.63, 3.8) is 0 Å². The predicted molar refractivity (Wildman–Crippen MR) is 68.1 cm³/mol. The van der Waals surface area contributed by atoms with Gasteiger partial charge in [-0.1, -0.05) is 0 Å². The first-order valence-electron chi connectivity index (χ1n) is 4.61. The van der Waals surface area contributed by atoms with E-state index in [4.69, 9.17) is 0 Å². The summed E-state index contributed by atoms with van der Waals surface area (Å²) in [6.45, 7) is 0. The fourth-order valence-electron chi connectivity index (χ4n) is 1.44. The number of rotatable bonds is 2. The zero-order chi connectivity index (χ0) is 10.1. The van der Waals surface area contributed by atoms with Gasteiger partial charge < -0.3 is 0 Å². The number of hydrogen-bond acceptors (Lipinski definition) is 0. The molecule has 0 atom stereocenters. The van der Waals surface area contributed by atoms with Gasteiger partial charge in [-0.2, -0.15) is 0 Å². The minimum atomic E-state index is -0.0670. The molecule has 3 rings (SSSR count). The molecule has 0 saturated heterocycles. The van der Waals surface area contributed by atoms with Crippen molar-refractivity contribution in [3.8, 4) is 16.0 Å². The third-order valence-electron chi connectivity index (χ3n) is 2.13. The first-order valence-corrected chi connectivity index (χ1v) is 10.6. The molecule has 0 nitrogen and oxygen atoms in total. The van der Waals surface area contributed by atoms with Gasteiger partial charge in [0.05, 0.1) is 0 Å². The zero-order valence-electron chi connectivity index (χ0n) is 7.84. The van der Waals surface area contributed by atoms with Crippen LogP contribution >= 0.6 is 0 Å². The normalized spacial score (nSPS) is 10.7. The molecule has 0 bridgehead atoms. The molecule has 0 N–H and O–H groups in total. The summed E-state index contributed by atoms with van der Waals surface area (Å²) in [6, 6.07) is 13.8. The van der Waals surface area contributed by atoms with E-state index >= 15 is 0 Å². The monoisotopic (exact) mass is 442 g/mol. The summed E-state index contributed by atoms with van der Waals surface area (Å²) in [6.07, 6.45) is 0. The summed E-state index contributed by atoms with van der Waals surface area (Å²) in [7, 11) is 0. The molecule has 0 aliphatic carbocycles. The Labute approximate surface area is 111 Å². The van der Waals surface area contributed by atoms with Gasteiger partial charge in [-0.05, 0) is 0 Å². The van der Waals surface area contributed by atoms with E-state index in [-0.39, 0.29) is 20.4 Å². The van der Waals surface area contributed by atoms with Gasteiger partial charge in [0.2, 0.25) is 0 Å². The van der Waals surface area contributed by atoms with Crippen molar-refractivity contribution >= 4 is 49.4 Å². The van der Waals surface area contributed by atoms with Gasteiger partial charge in [-0.25, -0.2) is 0 Å². The minimum absolute atomic E-state index is 0.0670. The van der Waals surface area contributed by atoms with Crippen LogP contribution in [0.5, 0.6) is 0 Å². The molecule has 15 heavy (non-hydrogen) atoms. The van der Waals surface area contributed by atoms with Gasteiger partial charge in [0.25, 0.3) is 0 Å². The Morgan fingerprint density at radius 3 is 1.67 bits per heavy atom. The van der Waals surface area contributed by atoms with Crippen LogP contribution in [0.3, 0.4) is 0 Å². The second-order valence-electron chi connectivity index (χ2n) is 3.12. The van der Waals surface area contributed by atoms with Gasteiger partial charge in [-0.3, -0.25) is 0 Å². The summed E-state index contributed by atoms with van der Waals surface area (Å²) in [4.78, 5) is 4.63. The molecule has 0 fully saturated rings. The second kappa shape index (κ2) is 4.64. The average Bonchev–Trinajstić information content (AvgIpc) is 3.02. The van der Waals surface area contributed by atoms with E-state index in [1.165, 1.54) is 0 Å². The van der Waals surface area contributed by atoms with Crippen LogP contribution in [-0.4, -0.2) is 49.4 Å². The predicted octanol–water partition coefficient (Wildman–Crippen LogP) is 2.19. The molecule has 0 radical (unpaired) electrons. The molecule has 3 aromatic heterocycles. The fourth-order valence-corrected chi connectivity index (χ4v) is 9.16. The van der Waals surface area contributed by atoms with Crippen LogP contribution in [-0.2, 0) is 0 Å². The molecule has 0 unspecified atom stereocenters. The Morgan fingerprint density at radius 2 is 1.27 bits per heavy atom. The molecule has 0 saturated carbocycles. The molecule has 0 spiro atoms. The van der Waals surface area contributed by atoms with E-state index in [1.807, 2.05) is 0 Å². The van der Waals surface area contributed by atoms with Gasteiger partial charge in [0, 0.05) is 0 Å². The molecule has 0 aliphatic rings. The molecule has 3 heterocycles. The third-order valence-corrected chi connectivity index (χ3v) is 11.0. The topological polar surface area (TPSA) is 0 Å². The fraction of sp³-hybridized carbons (Fsp3) is 0. The van der Waals surface area contributed by atoms with Crippen LogP contribution in [0.1, 0.15) is 0 Å². The van der Waals surface area contributed by atoms with Crippen LogP contribution in [0.2, 0.25) is 0 Å². The van der Waals surface area contributed by atoms with Crippen molar-refractivity contribution in [3.05, 3.63) is 46.3 Å². The molecule has 0 aromatic carbocycles. The van der Waals surface area contributed by atoms with Gasteiger partial charge in [0.1, 0.15) is 0 Å². The van der Waals surface area contributed by atoms with Crippen molar-refractivity contribution in [2.75, 3.05) is 0 Å². The molecular formula is C12H8Se2Te. The van der Waals surface area contributed by atoms with Crippen molar-refractivity contribution in [2.45, 2.75) is 0 Å². The Balaban J connectivity index is 2.02. The molecule has 0 aliphatic heterocycles. The third kappa shape index (κ3) is 2.20. The van der Waals surface area contributed by atoms with E-state index < -0.39 is 0 Å². The number of hydrogen-bond donors (Lipinski definition) is 0. The summed E-state index contributed by atoms with van der Waals surface area (Å²) < 4.78 is 6.58. The quantitative estimate of drug-likeness (QED) is 0.539. The maximum absolute atomic E-state index is 2.37. The summed E-state index contributed by atoms with van der Waals surface area (Å²) in [5.74, 6) is 0. The van der Waals surface area contributed by atoms with E-state index in [2.05, 4.69) is 46.3 Å². The summed E-state index contributed by atoms with van der Waals surface area (Å²) >= 11 is 1.17. The van der Waals surface area contributed by atoms with Crippen molar-refractivity contribution in [1.29, 1.82) is 0 Å². The molecule has 74 valence electrons. The molecule has 3 heteroatoms. The summed E-state index contributed by atoms with van der Waals surface area (Å²) in [5.41, 5.74) is 0. The van der Waals surface area contributed by atoms with Crippen LogP contribution < -0.4 is 0 Å². The van der Waals surface area contributed by atoms with Gasteiger partial charge in [-0.15, -0.1) is 0 Å². The van der Waals surface area contributed by atoms with Crippen LogP contribution in [0.15, 0.2) is 46.3 Å². The van der Waals surface area contributed by atoms with E-state index in [9.17, 15) is 0 Å². The van der Waals surface area contributed by atoms with Crippen molar-refractivity contribution in [2.24, 2.45) is 0 Å². The maximum atomic E-state index is 2.37. The van der Waals surface area contributed by atoms with Crippen molar-refractivity contribution < 1.29 is 0 Å². The Morgan fingerprint density at radius 1 is 0.733 bits per heavy atom. The van der Waals surface area contributed by atoms with Gasteiger partial charge >= 0.3 is 112 Å². The Bertz CT molecular complexity index is 483. The second-order valence-corrected chi connectivity index (χ2v) is 10.2. The average molecular weight is 438 g/mol. The standard InChI is InChI=1S/C12H8Se2Te/c1-3-9(13-7-1)11-5-6-12(15-11)10-4-2-8-14-10/h1-8H. The van der Waals surface area contributed by atoms with E-state index in [1.54, 1.807) is 16.0 Å². The van der Waals surface area contributed by atoms with E-state index in [0.29, 0.717) is 29.0 Å². The van der Waals surface area contributed by atoms with Crippen molar-refractivity contribution in [1.82, 2.24) is 0 Å². The molecular weight excluding hydrogens is 430 g/mol. The first kappa shape index (κ1) is 10.4. The Hall–Kier alpha value is 0.269. The first-order chi connectivity index (χ1) is 7.43. The van der Waals surface area contributed by atoms with Crippen LogP contribution in [0.4, 0.5) is 0 Å².